The van der Waals surface area contributed by atoms with Crippen molar-refractivity contribution in [1.82, 2.24) is 0 Å². The molecule has 2 N–H and O–H groups in total. The third-order valence-corrected chi connectivity index (χ3v) is 9.60. The number of rotatable bonds is 2. The first-order chi connectivity index (χ1) is 11.7. The van der Waals surface area contributed by atoms with Crippen LogP contribution in [0.4, 0.5) is 0 Å². The van der Waals surface area contributed by atoms with E-state index in [2.05, 4.69) is 29.8 Å². The molecule has 0 heterocycles. The number of aliphatic hydroxyl groups is 2. The fourth-order valence-corrected chi connectivity index (χ4v) is 8.22. The molecule has 7 atom stereocenters. The molecule has 0 aromatic carbocycles. The largest absolute Gasteiger partial charge is 0.351 e. The summed E-state index contributed by atoms with van der Waals surface area (Å²) in [6, 6.07) is 0. The zero-order valence-electron chi connectivity index (χ0n) is 15.6. The quantitative estimate of drug-likeness (QED) is 0.512. The van der Waals surface area contributed by atoms with Gasteiger partial charge in [0.15, 0.2) is 0 Å². The second-order valence-electron chi connectivity index (χ2n) is 10.0. The number of hydrogen-bond donors (Lipinski definition) is 2. The molecule has 142 valence electrons. The van der Waals surface area contributed by atoms with Gasteiger partial charge in [-0.1, -0.05) is 26.7 Å². The second kappa shape index (κ2) is 6.04. The Morgan fingerprint density at radius 3 is 2.36 bits per heavy atom. The van der Waals surface area contributed by atoms with E-state index in [9.17, 15) is 15.0 Å². The summed E-state index contributed by atoms with van der Waals surface area (Å²) in [5.74, 6) is 2.40. The molecular formula is C21H33BrO3. The summed E-state index contributed by atoms with van der Waals surface area (Å²) >= 11 is 2.78. The Bertz CT molecular complexity index is 556. The van der Waals surface area contributed by atoms with Crippen LogP contribution >= 0.6 is 15.9 Å². The first-order valence-electron chi connectivity index (χ1n) is 10.4. The molecule has 4 rings (SSSR count). The number of Topliss-reactive ketones (excluding diaryl/α,β-unsaturated/α-hetero) is 1. The molecule has 4 aliphatic carbocycles. The highest BCUT2D eigenvalue weighted by molar-refractivity contribution is 9.10. The Balaban J connectivity index is 1.61. The van der Waals surface area contributed by atoms with Crippen LogP contribution in [0.15, 0.2) is 0 Å². The Morgan fingerprint density at radius 2 is 1.64 bits per heavy atom. The molecule has 3 nitrogen and oxygen atoms in total. The normalized spacial score (nSPS) is 49.9. The van der Waals surface area contributed by atoms with Crippen molar-refractivity contribution in [3.8, 4) is 0 Å². The van der Waals surface area contributed by atoms with Crippen molar-refractivity contribution in [1.29, 1.82) is 0 Å². The van der Waals surface area contributed by atoms with Gasteiger partial charge in [0.05, 0.1) is 0 Å². The summed E-state index contributed by atoms with van der Waals surface area (Å²) in [6.07, 6.45) is 12.5. The van der Waals surface area contributed by atoms with E-state index in [1.165, 1.54) is 44.9 Å². The van der Waals surface area contributed by atoms with E-state index in [0.29, 0.717) is 11.3 Å². The minimum atomic E-state index is -2.36. The van der Waals surface area contributed by atoms with Crippen LogP contribution in [-0.4, -0.2) is 20.7 Å². The number of fused-ring (bicyclic) bond motifs is 5. The van der Waals surface area contributed by atoms with Gasteiger partial charge >= 0.3 is 0 Å². The van der Waals surface area contributed by atoms with E-state index in [1.807, 2.05) is 0 Å². The Labute approximate surface area is 160 Å². The van der Waals surface area contributed by atoms with E-state index >= 15 is 0 Å². The summed E-state index contributed by atoms with van der Waals surface area (Å²) in [5.41, 5.74) is 0.457. The van der Waals surface area contributed by atoms with Crippen molar-refractivity contribution >= 4 is 21.7 Å². The van der Waals surface area contributed by atoms with Gasteiger partial charge in [-0.2, -0.15) is 0 Å². The van der Waals surface area contributed by atoms with Crippen LogP contribution in [0.1, 0.15) is 78.1 Å². The van der Waals surface area contributed by atoms with Crippen LogP contribution in [0.5, 0.6) is 0 Å². The van der Waals surface area contributed by atoms with Crippen molar-refractivity contribution in [2.24, 2.45) is 40.4 Å². The van der Waals surface area contributed by atoms with Gasteiger partial charge in [-0.3, -0.25) is 4.79 Å². The van der Waals surface area contributed by atoms with Gasteiger partial charge in [-0.15, -0.1) is 0 Å². The summed E-state index contributed by atoms with van der Waals surface area (Å²) in [4.78, 5) is 12.6. The number of carbonyl (C=O) groups is 1. The number of carbonyl (C=O) groups excluding carboxylic acids is 1. The lowest BCUT2D eigenvalue weighted by atomic mass is 9.45. The van der Waals surface area contributed by atoms with Gasteiger partial charge in [0.2, 0.25) is 5.78 Å². The molecule has 0 aromatic heterocycles. The number of alkyl halides is 1. The maximum atomic E-state index is 12.6. The number of halogens is 1. The Hall–Kier alpha value is 0.0700. The van der Waals surface area contributed by atoms with Crippen LogP contribution in [0.3, 0.4) is 0 Å². The highest BCUT2D eigenvalue weighted by Crippen LogP contribution is 2.67. The number of ketones is 1. The van der Waals surface area contributed by atoms with Gasteiger partial charge in [0, 0.05) is 5.92 Å². The monoisotopic (exact) mass is 412 g/mol. The topological polar surface area (TPSA) is 57.5 Å². The summed E-state index contributed by atoms with van der Waals surface area (Å²) in [5, 5.41) is 19.6. The molecule has 0 bridgehead atoms. The average Bonchev–Trinajstić information content (AvgIpc) is 2.89. The van der Waals surface area contributed by atoms with Crippen LogP contribution in [-0.2, 0) is 4.79 Å². The minimum Gasteiger partial charge on any atom is -0.351 e. The van der Waals surface area contributed by atoms with Crippen LogP contribution in [0.25, 0.3) is 0 Å². The SMILES string of the molecule is C[C@]12CC[C@H]3[C@@H](CCC4CCCC[C@@]43C)[C@@H]1CC[C@H]2C(=O)C(O)(O)Br. The lowest BCUT2D eigenvalue weighted by Gasteiger charge is -2.60. The standard InChI is InChI=1S/C21H33BrO3/c1-19-11-4-3-5-13(19)6-7-14-15-8-9-17(18(23)21(22,24)25)20(15,2)12-10-16(14)19/h13-17,24-25H,3-12H2,1-2H3/t13?,14-,15-,16-,17-,19-,20-/m0/s1. The lowest BCUT2D eigenvalue weighted by Crippen LogP contribution is -2.54. The molecule has 4 saturated carbocycles. The Morgan fingerprint density at radius 1 is 0.920 bits per heavy atom. The minimum absolute atomic E-state index is 0.0550. The lowest BCUT2D eigenvalue weighted by molar-refractivity contribution is -0.164. The molecule has 0 radical (unpaired) electrons. The molecule has 0 saturated heterocycles. The van der Waals surface area contributed by atoms with Crippen LogP contribution < -0.4 is 0 Å². The molecule has 1 unspecified atom stereocenters. The smallest absolute Gasteiger partial charge is 0.283 e. The van der Waals surface area contributed by atoms with Gasteiger partial charge in [-0.25, -0.2) is 0 Å². The van der Waals surface area contributed by atoms with Crippen molar-refractivity contribution in [3.63, 3.8) is 0 Å². The third kappa shape index (κ3) is 2.69. The predicted octanol–water partition coefficient (Wildman–Crippen LogP) is 4.64. The van der Waals surface area contributed by atoms with Crippen molar-refractivity contribution < 1.29 is 15.0 Å². The molecule has 4 heteroatoms. The Kier molecular flexibility index (Phi) is 4.45. The fraction of sp³-hybridized carbons (Fsp3) is 0.952. The van der Waals surface area contributed by atoms with E-state index in [1.54, 1.807) is 0 Å². The molecule has 4 aliphatic rings. The molecular weight excluding hydrogens is 380 g/mol. The summed E-state index contributed by atoms with van der Waals surface area (Å²) in [7, 11) is 0. The van der Waals surface area contributed by atoms with Gasteiger partial charge in [-0.05, 0) is 102 Å². The van der Waals surface area contributed by atoms with Crippen LogP contribution in [0.2, 0.25) is 0 Å². The van der Waals surface area contributed by atoms with E-state index in [-0.39, 0.29) is 11.3 Å². The van der Waals surface area contributed by atoms with E-state index < -0.39 is 10.5 Å². The molecule has 25 heavy (non-hydrogen) atoms. The molecule has 0 spiro atoms. The maximum absolute atomic E-state index is 12.6. The van der Waals surface area contributed by atoms with Gasteiger partial charge in [0.1, 0.15) is 0 Å². The third-order valence-electron chi connectivity index (χ3n) is 9.21. The number of hydrogen-bond acceptors (Lipinski definition) is 3. The second-order valence-corrected chi connectivity index (χ2v) is 11.1. The summed E-state index contributed by atoms with van der Waals surface area (Å²) in [6.45, 7) is 4.83. The molecule has 0 aliphatic heterocycles. The van der Waals surface area contributed by atoms with E-state index in [4.69, 9.17) is 0 Å². The first kappa shape index (κ1) is 18.4. The van der Waals surface area contributed by atoms with Crippen molar-refractivity contribution in [2.45, 2.75) is 82.8 Å². The predicted molar refractivity (Wildman–Crippen MR) is 101 cm³/mol. The van der Waals surface area contributed by atoms with Gasteiger partial charge in [0.25, 0.3) is 4.70 Å². The average molecular weight is 413 g/mol. The first-order valence-corrected chi connectivity index (χ1v) is 11.1. The van der Waals surface area contributed by atoms with Crippen molar-refractivity contribution in [2.75, 3.05) is 0 Å². The molecule has 0 aromatic rings. The fourth-order valence-electron chi connectivity index (χ4n) is 7.95. The zero-order valence-corrected chi connectivity index (χ0v) is 17.2. The maximum Gasteiger partial charge on any atom is 0.283 e. The van der Waals surface area contributed by atoms with Crippen molar-refractivity contribution in [3.05, 3.63) is 0 Å². The highest BCUT2D eigenvalue weighted by Gasteiger charge is 2.62. The van der Waals surface area contributed by atoms with Crippen LogP contribution in [0, 0.1) is 40.4 Å². The zero-order chi connectivity index (χ0) is 18.0. The highest BCUT2D eigenvalue weighted by atomic mass is 79.9. The van der Waals surface area contributed by atoms with E-state index in [0.717, 1.165) is 37.0 Å². The summed E-state index contributed by atoms with van der Waals surface area (Å²) < 4.78 is -2.36. The molecule has 0 amide bonds. The molecule has 4 fully saturated rings. The van der Waals surface area contributed by atoms with Gasteiger partial charge < -0.3 is 10.2 Å².